The number of methoxy groups -OCH3 is 5. The van der Waals surface area contributed by atoms with E-state index in [4.69, 9.17) is 44.9 Å². The fourth-order valence-corrected chi connectivity index (χ4v) is 5.89. The van der Waals surface area contributed by atoms with Crippen LogP contribution in [0.25, 0.3) is 10.2 Å². The van der Waals surface area contributed by atoms with E-state index >= 15 is 0 Å². The zero-order valence-electron chi connectivity index (χ0n) is 23.6. The molecule has 1 N–H and O–H groups in total. The quantitative estimate of drug-likeness (QED) is 0.298. The van der Waals surface area contributed by atoms with Gasteiger partial charge in [-0.25, -0.2) is 4.98 Å². The van der Waals surface area contributed by atoms with Gasteiger partial charge in [0.1, 0.15) is 12.7 Å². The second kappa shape index (κ2) is 12.7. The van der Waals surface area contributed by atoms with Gasteiger partial charge in [-0.2, -0.15) is 0 Å². The number of halogens is 1. The molecule has 2 atom stereocenters. The maximum absolute atomic E-state index is 12.8. The molecule has 0 saturated carbocycles. The number of carbonyl (C=O) groups is 1. The van der Waals surface area contributed by atoms with Crippen LogP contribution < -0.4 is 19.5 Å². The van der Waals surface area contributed by atoms with Crippen molar-refractivity contribution in [2.24, 2.45) is 5.16 Å². The van der Waals surface area contributed by atoms with Crippen LogP contribution in [0.1, 0.15) is 12.0 Å². The number of rotatable bonds is 11. The molecule has 1 aliphatic heterocycles. The molecule has 0 bridgehead atoms. The molecule has 0 fully saturated rings. The van der Waals surface area contributed by atoms with Gasteiger partial charge in [0.05, 0.1) is 37.3 Å². The summed E-state index contributed by atoms with van der Waals surface area (Å²) in [6, 6.07) is 8.99. The highest BCUT2D eigenvalue weighted by Gasteiger charge is 2.41. The number of benzene rings is 2. The van der Waals surface area contributed by atoms with Gasteiger partial charge in [-0.3, -0.25) is 10.1 Å². The van der Waals surface area contributed by atoms with Gasteiger partial charge in [0.25, 0.3) is 5.91 Å². The molecule has 3 aromatic rings. The van der Waals surface area contributed by atoms with Crippen LogP contribution in [0, 0.1) is 0 Å². The Bertz CT molecular complexity index is 1540. The maximum atomic E-state index is 12.8. The van der Waals surface area contributed by atoms with E-state index in [0.29, 0.717) is 39.5 Å². The minimum absolute atomic E-state index is 0.272. The third kappa shape index (κ3) is 5.94. The maximum Gasteiger partial charge on any atom is 0.252 e. The van der Waals surface area contributed by atoms with Crippen molar-refractivity contribution in [1.29, 1.82) is 0 Å². The molecule has 2 aromatic carbocycles. The molecule has 1 aliphatic carbocycles. The van der Waals surface area contributed by atoms with Gasteiger partial charge >= 0.3 is 0 Å². The molecule has 5 rings (SSSR count). The highest BCUT2D eigenvalue weighted by molar-refractivity contribution is 7.22. The van der Waals surface area contributed by atoms with Crippen LogP contribution in [0.3, 0.4) is 0 Å². The molecule has 42 heavy (non-hydrogen) atoms. The molecule has 0 spiro atoms. The van der Waals surface area contributed by atoms with Gasteiger partial charge in [-0.05, 0) is 48.1 Å². The lowest BCUT2D eigenvalue weighted by Crippen LogP contribution is -2.47. The summed E-state index contributed by atoms with van der Waals surface area (Å²) in [4.78, 5) is 23.0. The molecule has 11 nitrogen and oxygen atoms in total. The van der Waals surface area contributed by atoms with Gasteiger partial charge in [0.2, 0.25) is 11.5 Å². The van der Waals surface area contributed by atoms with Crippen LogP contribution >= 0.6 is 22.9 Å². The fourth-order valence-electron chi connectivity index (χ4n) is 4.73. The van der Waals surface area contributed by atoms with Gasteiger partial charge in [0, 0.05) is 31.2 Å². The largest absolute Gasteiger partial charge is 0.493 e. The Hall–Kier alpha value is -3.68. The van der Waals surface area contributed by atoms with E-state index in [1.807, 2.05) is 24.3 Å². The zero-order valence-corrected chi connectivity index (χ0v) is 25.2. The molecule has 1 aromatic heterocycles. The van der Waals surface area contributed by atoms with Crippen LogP contribution in [-0.2, 0) is 23.8 Å². The van der Waals surface area contributed by atoms with Crippen LogP contribution in [0.4, 0.5) is 5.13 Å². The van der Waals surface area contributed by atoms with Crippen molar-refractivity contribution in [2.45, 2.75) is 24.4 Å². The molecule has 0 saturated heterocycles. The topological polar surface area (TPSA) is 119 Å². The first-order valence-corrected chi connectivity index (χ1v) is 14.0. The Morgan fingerprint density at radius 1 is 1.10 bits per heavy atom. The molecule has 222 valence electrons. The number of hydrogen-bond donors (Lipinski definition) is 1. The summed E-state index contributed by atoms with van der Waals surface area (Å²) in [5, 5.41) is 8.15. The van der Waals surface area contributed by atoms with Crippen molar-refractivity contribution in [3.05, 3.63) is 64.7 Å². The number of thiazole rings is 1. The number of fused-ring (bicyclic) bond motifs is 1. The average Bonchev–Trinajstić information content (AvgIpc) is 3.66. The number of oxime groups is 1. The molecule has 13 heteroatoms. The summed E-state index contributed by atoms with van der Waals surface area (Å²) in [7, 11) is 7.68. The summed E-state index contributed by atoms with van der Waals surface area (Å²) in [6.45, 7) is -0.272. The summed E-state index contributed by atoms with van der Waals surface area (Å²) < 4.78 is 34.6. The lowest BCUT2D eigenvalue weighted by Gasteiger charge is -2.36. The number of nitrogens with zero attached hydrogens (tertiary/aromatic N) is 2. The Balaban J connectivity index is 1.29. The third-order valence-corrected chi connectivity index (χ3v) is 8.08. The molecular formula is C29H30ClN3O8S. The Labute approximate surface area is 251 Å². The van der Waals surface area contributed by atoms with E-state index in [1.165, 1.54) is 25.6 Å². The van der Waals surface area contributed by atoms with Gasteiger partial charge in [-0.1, -0.05) is 34.2 Å². The zero-order chi connectivity index (χ0) is 29.9. The molecule has 2 heterocycles. The van der Waals surface area contributed by atoms with Crippen LogP contribution in [-0.4, -0.2) is 76.8 Å². The van der Waals surface area contributed by atoms with Crippen molar-refractivity contribution in [2.75, 3.05) is 47.5 Å². The lowest BCUT2D eigenvalue weighted by atomic mass is 9.92. The highest BCUT2D eigenvalue weighted by Crippen LogP contribution is 2.40. The predicted octanol–water partition coefficient (Wildman–Crippen LogP) is 4.98. The molecule has 2 unspecified atom stereocenters. The summed E-state index contributed by atoms with van der Waals surface area (Å²) >= 11 is 7.39. The Morgan fingerprint density at radius 3 is 2.50 bits per heavy atom. The van der Waals surface area contributed by atoms with Crippen molar-refractivity contribution < 1.29 is 38.1 Å². The number of amides is 1. The fraction of sp³-hybridized carbons (Fsp3) is 0.345. The average molecular weight is 616 g/mol. The summed E-state index contributed by atoms with van der Waals surface area (Å²) in [6.07, 6.45) is 4.70. The second-order valence-corrected chi connectivity index (χ2v) is 10.8. The monoisotopic (exact) mass is 615 g/mol. The van der Waals surface area contributed by atoms with Crippen molar-refractivity contribution >= 4 is 49.9 Å². The van der Waals surface area contributed by atoms with Gasteiger partial charge < -0.3 is 33.3 Å². The van der Waals surface area contributed by atoms with E-state index in [1.54, 1.807) is 45.6 Å². The Morgan fingerprint density at radius 2 is 1.83 bits per heavy atom. The van der Waals surface area contributed by atoms with E-state index in [0.717, 1.165) is 21.4 Å². The Kier molecular flexibility index (Phi) is 8.99. The minimum Gasteiger partial charge on any atom is -0.493 e. The van der Waals surface area contributed by atoms with Gasteiger partial charge in [-0.15, -0.1) is 0 Å². The first kappa shape index (κ1) is 29.8. The van der Waals surface area contributed by atoms with E-state index in [2.05, 4.69) is 15.5 Å². The third-order valence-electron chi connectivity index (χ3n) is 6.92. The molecule has 1 amide bonds. The normalized spacial score (nSPS) is 19.2. The van der Waals surface area contributed by atoms with Crippen molar-refractivity contribution in [1.82, 2.24) is 4.98 Å². The molecular weight excluding hydrogens is 586 g/mol. The van der Waals surface area contributed by atoms with Crippen LogP contribution in [0.2, 0.25) is 5.02 Å². The number of ether oxygens (including phenoxy) is 6. The second-order valence-electron chi connectivity index (χ2n) is 9.29. The summed E-state index contributed by atoms with van der Waals surface area (Å²) in [5.41, 5.74) is 3.02. The SMILES string of the molecule is COc1cc(C2=NOC(C3=CC(OCC(=O)Nc4nc5ccc(Cl)cc5s4)C(OC)(OC)C=C3)C2)cc(OC)c1OC. The number of nitrogens with one attached hydrogen (secondary N) is 1. The van der Waals surface area contributed by atoms with Crippen LogP contribution in [0.5, 0.6) is 17.2 Å². The lowest BCUT2D eigenvalue weighted by molar-refractivity contribution is -0.225. The number of hydrogen-bond acceptors (Lipinski definition) is 11. The van der Waals surface area contributed by atoms with E-state index < -0.39 is 18.0 Å². The molecule has 2 aliphatic rings. The van der Waals surface area contributed by atoms with Gasteiger partial charge in [0.15, 0.2) is 22.7 Å². The van der Waals surface area contributed by atoms with E-state index in [9.17, 15) is 4.79 Å². The highest BCUT2D eigenvalue weighted by atomic mass is 35.5. The smallest absolute Gasteiger partial charge is 0.252 e. The first-order valence-electron chi connectivity index (χ1n) is 12.8. The van der Waals surface area contributed by atoms with Crippen LogP contribution in [0.15, 0.2) is 59.3 Å². The number of aromatic nitrogens is 1. The number of carbonyl (C=O) groups excluding carboxylic acids is 1. The van der Waals surface area contributed by atoms with Crippen molar-refractivity contribution in [3.63, 3.8) is 0 Å². The predicted molar refractivity (Wildman–Crippen MR) is 159 cm³/mol. The van der Waals surface area contributed by atoms with E-state index in [-0.39, 0.29) is 12.5 Å². The van der Waals surface area contributed by atoms with Crippen molar-refractivity contribution in [3.8, 4) is 17.2 Å². The molecule has 0 radical (unpaired) electrons. The number of anilines is 1. The summed E-state index contributed by atoms with van der Waals surface area (Å²) in [5.74, 6) is -0.0991. The first-order chi connectivity index (χ1) is 20.3. The standard InChI is InChI=1S/C29H30ClN3O8S/c1-35-22-10-17(11-23(36-2)27(22)37-3)20-14-21(41-33-20)16-8-9-29(38-4,39-5)25(12-16)40-15-26(34)32-28-31-19-7-6-18(30)13-24(19)42-28/h6-13,21,25H,14-15H2,1-5H3,(H,31,32,34). The minimum atomic E-state index is -1.24.